The quantitative estimate of drug-likeness (QED) is 0.843. The average Bonchev–Trinajstić information content (AvgIpc) is 2.73. The van der Waals surface area contributed by atoms with E-state index in [0.29, 0.717) is 12.7 Å². The highest BCUT2D eigenvalue weighted by molar-refractivity contribution is 5.24. The van der Waals surface area contributed by atoms with Crippen molar-refractivity contribution >= 4 is 0 Å². The van der Waals surface area contributed by atoms with Gasteiger partial charge in [-0.3, -0.25) is 0 Å². The SMILES string of the molecule is CNC(c1cc(F)c(F)cc1F)C1CCOC1C. The fourth-order valence-corrected chi connectivity index (χ4v) is 2.56. The van der Waals surface area contributed by atoms with Crippen molar-refractivity contribution < 1.29 is 17.9 Å². The van der Waals surface area contributed by atoms with Crippen LogP contribution in [0.3, 0.4) is 0 Å². The molecule has 100 valence electrons. The van der Waals surface area contributed by atoms with E-state index >= 15 is 0 Å². The molecule has 18 heavy (non-hydrogen) atoms. The molecule has 0 radical (unpaired) electrons. The molecule has 2 rings (SSSR count). The van der Waals surface area contributed by atoms with Gasteiger partial charge in [0.05, 0.1) is 6.10 Å². The maximum atomic E-state index is 13.8. The first-order valence-corrected chi connectivity index (χ1v) is 5.98. The molecule has 1 fully saturated rings. The lowest BCUT2D eigenvalue weighted by molar-refractivity contribution is 0.0958. The molecule has 0 aliphatic carbocycles. The monoisotopic (exact) mass is 259 g/mol. The zero-order valence-corrected chi connectivity index (χ0v) is 10.3. The highest BCUT2D eigenvalue weighted by atomic mass is 19.2. The molecule has 1 aliphatic rings. The Morgan fingerprint density at radius 1 is 1.22 bits per heavy atom. The maximum Gasteiger partial charge on any atom is 0.161 e. The molecule has 1 aromatic rings. The van der Waals surface area contributed by atoms with Gasteiger partial charge in [0.15, 0.2) is 11.6 Å². The summed E-state index contributed by atoms with van der Waals surface area (Å²) < 4.78 is 45.4. The molecule has 0 bridgehead atoms. The van der Waals surface area contributed by atoms with Crippen LogP contribution in [0.15, 0.2) is 12.1 Å². The van der Waals surface area contributed by atoms with Crippen LogP contribution in [-0.4, -0.2) is 19.8 Å². The number of halogens is 3. The number of hydrogen-bond acceptors (Lipinski definition) is 2. The predicted octanol–water partition coefficient (Wildman–Crippen LogP) is 2.79. The van der Waals surface area contributed by atoms with Crippen LogP contribution in [0, 0.1) is 23.4 Å². The minimum absolute atomic E-state index is 0.0324. The first-order chi connectivity index (χ1) is 8.54. The highest BCUT2D eigenvalue weighted by Gasteiger charge is 2.33. The van der Waals surface area contributed by atoms with E-state index in [2.05, 4.69) is 5.32 Å². The summed E-state index contributed by atoms with van der Waals surface area (Å²) in [4.78, 5) is 0. The lowest BCUT2D eigenvalue weighted by Gasteiger charge is -2.26. The maximum absolute atomic E-state index is 13.8. The van der Waals surface area contributed by atoms with Gasteiger partial charge in [-0.25, -0.2) is 13.2 Å². The van der Waals surface area contributed by atoms with E-state index < -0.39 is 17.5 Å². The van der Waals surface area contributed by atoms with E-state index in [0.717, 1.165) is 12.5 Å². The summed E-state index contributed by atoms with van der Waals surface area (Å²) in [5.74, 6) is -2.87. The van der Waals surface area contributed by atoms with Crippen LogP contribution < -0.4 is 5.32 Å². The fourth-order valence-electron chi connectivity index (χ4n) is 2.56. The topological polar surface area (TPSA) is 21.3 Å². The fraction of sp³-hybridized carbons (Fsp3) is 0.538. The van der Waals surface area contributed by atoms with Crippen molar-refractivity contribution in [2.75, 3.05) is 13.7 Å². The predicted molar refractivity (Wildman–Crippen MR) is 61.6 cm³/mol. The molecule has 1 aromatic carbocycles. The summed E-state index contributed by atoms with van der Waals surface area (Å²) in [6, 6.07) is 1.14. The molecule has 0 amide bonds. The van der Waals surface area contributed by atoms with Gasteiger partial charge in [-0.1, -0.05) is 0 Å². The molecule has 3 unspecified atom stereocenters. The minimum Gasteiger partial charge on any atom is -0.378 e. The van der Waals surface area contributed by atoms with Crippen LogP contribution >= 0.6 is 0 Å². The number of nitrogens with one attached hydrogen (secondary N) is 1. The van der Waals surface area contributed by atoms with E-state index in [4.69, 9.17) is 4.74 Å². The van der Waals surface area contributed by atoms with E-state index in [1.54, 1.807) is 7.05 Å². The lowest BCUT2D eigenvalue weighted by atomic mass is 9.88. The minimum atomic E-state index is -1.16. The molecule has 3 atom stereocenters. The molecule has 1 heterocycles. The Hall–Kier alpha value is -1.07. The van der Waals surface area contributed by atoms with Gasteiger partial charge in [0, 0.05) is 30.2 Å². The summed E-state index contributed by atoms with van der Waals surface area (Å²) in [6.45, 7) is 2.51. The van der Waals surface area contributed by atoms with Crippen molar-refractivity contribution in [3.8, 4) is 0 Å². The molecule has 0 aromatic heterocycles. The van der Waals surface area contributed by atoms with Gasteiger partial charge in [-0.2, -0.15) is 0 Å². The largest absolute Gasteiger partial charge is 0.378 e. The van der Waals surface area contributed by atoms with Crippen LogP contribution in [0.1, 0.15) is 24.9 Å². The van der Waals surface area contributed by atoms with Crippen molar-refractivity contribution in [3.05, 3.63) is 35.1 Å². The first-order valence-electron chi connectivity index (χ1n) is 5.98. The van der Waals surface area contributed by atoms with Crippen molar-refractivity contribution in [2.24, 2.45) is 5.92 Å². The number of rotatable bonds is 3. The van der Waals surface area contributed by atoms with E-state index in [9.17, 15) is 13.2 Å². The Morgan fingerprint density at radius 2 is 1.89 bits per heavy atom. The van der Waals surface area contributed by atoms with Crippen molar-refractivity contribution in [1.82, 2.24) is 5.32 Å². The molecule has 2 nitrogen and oxygen atoms in total. The number of benzene rings is 1. The second-order valence-corrected chi connectivity index (χ2v) is 4.58. The summed E-state index contributed by atoms with van der Waals surface area (Å²) in [6.07, 6.45) is 0.737. The summed E-state index contributed by atoms with van der Waals surface area (Å²) in [7, 11) is 1.68. The third-order valence-corrected chi connectivity index (χ3v) is 3.55. The standard InChI is InChI=1S/C13H16F3NO/c1-7-8(3-4-18-7)13(17-2)9-5-11(15)12(16)6-10(9)14/h5-8,13,17H,3-4H2,1-2H3. The van der Waals surface area contributed by atoms with Crippen LogP contribution in [0.25, 0.3) is 0 Å². The Bertz CT molecular complexity index is 438. The molecule has 1 N–H and O–H groups in total. The Balaban J connectivity index is 2.35. The van der Waals surface area contributed by atoms with Gasteiger partial charge in [0.25, 0.3) is 0 Å². The van der Waals surface area contributed by atoms with Crippen LogP contribution in [0.4, 0.5) is 13.2 Å². The smallest absolute Gasteiger partial charge is 0.161 e. The molecule has 0 saturated carbocycles. The third kappa shape index (κ3) is 2.37. The zero-order valence-electron chi connectivity index (χ0n) is 10.3. The molecular weight excluding hydrogens is 243 g/mol. The lowest BCUT2D eigenvalue weighted by Crippen LogP contribution is -2.30. The van der Waals surface area contributed by atoms with Crippen LogP contribution in [-0.2, 0) is 4.74 Å². The van der Waals surface area contributed by atoms with E-state index in [-0.39, 0.29) is 23.6 Å². The van der Waals surface area contributed by atoms with E-state index in [1.165, 1.54) is 0 Å². The molecule has 1 saturated heterocycles. The second-order valence-electron chi connectivity index (χ2n) is 4.58. The van der Waals surface area contributed by atoms with Gasteiger partial charge in [-0.15, -0.1) is 0 Å². The molecule has 5 heteroatoms. The van der Waals surface area contributed by atoms with Crippen molar-refractivity contribution in [2.45, 2.75) is 25.5 Å². The van der Waals surface area contributed by atoms with Gasteiger partial charge in [0.1, 0.15) is 5.82 Å². The normalized spacial score (nSPS) is 25.4. The van der Waals surface area contributed by atoms with Crippen molar-refractivity contribution in [3.63, 3.8) is 0 Å². The Labute approximate surface area is 104 Å². The summed E-state index contributed by atoms with van der Waals surface area (Å²) >= 11 is 0. The van der Waals surface area contributed by atoms with Crippen molar-refractivity contribution in [1.29, 1.82) is 0 Å². The summed E-state index contributed by atoms with van der Waals surface area (Å²) in [5, 5.41) is 2.97. The van der Waals surface area contributed by atoms with Gasteiger partial charge < -0.3 is 10.1 Å². The zero-order chi connectivity index (χ0) is 13.3. The second kappa shape index (κ2) is 5.28. The van der Waals surface area contributed by atoms with Gasteiger partial charge in [-0.05, 0) is 26.5 Å². The van der Waals surface area contributed by atoms with Crippen LogP contribution in [0.5, 0.6) is 0 Å². The molecule has 0 spiro atoms. The average molecular weight is 259 g/mol. The van der Waals surface area contributed by atoms with Gasteiger partial charge in [0.2, 0.25) is 0 Å². The number of ether oxygens (including phenoxy) is 1. The number of hydrogen-bond donors (Lipinski definition) is 1. The third-order valence-electron chi connectivity index (χ3n) is 3.55. The van der Waals surface area contributed by atoms with Crippen LogP contribution in [0.2, 0.25) is 0 Å². The summed E-state index contributed by atoms with van der Waals surface area (Å²) in [5.41, 5.74) is 0.152. The van der Waals surface area contributed by atoms with E-state index in [1.807, 2.05) is 6.92 Å². The Morgan fingerprint density at radius 3 is 2.44 bits per heavy atom. The van der Waals surface area contributed by atoms with Gasteiger partial charge >= 0.3 is 0 Å². The highest BCUT2D eigenvalue weighted by Crippen LogP contribution is 2.34. The Kier molecular flexibility index (Phi) is 3.92. The molecule has 1 aliphatic heterocycles. The molecular formula is C13H16F3NO. The first kappa shape index (κ1) is 13.4.